The molecule has 0 N–H and O–H groups in total. The van der Waals surface area contributed by atoms with E-state index in [4.69, 9.17) is 0 Å². The lowest BCUT2D eigenvalue weighted by molar-refractivity contribution is 0.590. The van der Waals surface area contributed by atoms with E-state index in [1.165, 1.54) is 76.8 Å². The highest BCUT2D eigenvalue weighted by atomic mass is 14.3. The van der Waals surface area contributed by atoms with Crippen molar-refractivity contribution in [2.24, 2.45) is 0 Å². The Balaban J connectivity index is 1.65. The molecule has 44 heavy (non-hydrogen) atoms. The Hall–Kier alpha value is -4.68. The van der Waals surface area contributed by atoms with Gasteiger partial charge in [-0.25, -0.2) is 0 Å². The largest absolute Gasteiger partial charge is 0.0622 e. The molecule has 0 aliphatic carbocycles. The molecule has 0 atom stereocenters. The molecule has 7 rings (SSSR count). The topological polar surface area (TPSA) is 0 Å². The van der Waals surface area contributed by atoms with Crippen LogP contribution in [0.2, 0.25) is 0 Å². The van der Waals surface area contributed by atoms with Gasteiger partial charge in [0.15, 0.2) is 0 Å². The van der Waals surface area contributed by atoms with Crippen LogP contribution in [-0.4, -0.2) is 0 Å². The molecule has 0 amide bonds. The van der Waals surface area contributed by atoms with E-state index in [0.717, 1.165) is 0 Å². The Morgan fingerprint density at radius 3 is 1.45 bits per heavy atom. The summed E-state index contributed by atoms with van der Waals surface area (Å²) in [5.74, 6) is 0. The van der Waals surface area contributed by atoms with Gasteiger partial charge in [0.1, 0.15) is 0 Å². The van der Waals surface area contributed by atoms with Crippen molar-refractivity contribution in [1.82, 2.24) is 0 Å². The standard InChI is InChI=1S/C44H40/c1-43(2,3)33-22-20-30(21-23-33)41-35-18-12-13-19-36(35)42(40-28-34(44(4,5)6)24-25-37(40)41)39-27-32-17-11-10-16-31(32)26-38(39)29-14-8-7-9-15-29/h7-28H,1-6H3. The molecule has 0 heterocycles. The van der Waals surface area contributed by atoms with Gasteiger partial charge in [-0.05, 0) is 106 Å². The van der Waals surface area contributed by atoms with E-state index in [0.29, 0.717) is 0 Å². The second kappa shape index (κ2) is 10.5. The van der Waals surface area contributed by atoms with Gasteiger partial charge in [0, 0.05) is 0 Å². The maximum atomic E-state index is 2.47. The number of rotatable bonds is 3. The molecular formula is C44H40. The zero-order chi connectivity index (χ0) is 30.6. The molecule has 0 saturated heterocycles. The molecule has 0 aliphatic rings. The second-order valence-electron chi connectivity index (χ2n) is 14.2. The smallest absolute Gasteiger partial charge is 0.00198 e. The molecule has 0 spiro atoms. The third kappa shape index (κ3) is 4.89. The molecule has 0 saturated carbocycles. The molecule has 0 aromatic heterocycles. The average molecular weight is 569 g/mol. The summed E-state index contributed by atoms with van der Waals surface area (Å²) in [6.45, 7) is 13.8. The van der Waals surface area contributed by atoms with E-state index in [1.54, 1.807) is 0 Å². The molecule has 0 unspecified atom stereocenters. The third-order valence-corrected chi connectivity index (χ3v) is 9.17. The molecule has 216 valence electrons. The molecule has 0 fully saturated rings. The fourth-order valence-corrected chi connectivity index (χ4v) is 6.69. The summed E-state index contributed by atoms with van der Waals surface area (Å²) in [6.07, 6.45) is 0. The average Bonchev–Trinajstić information content (AvgIpc) is 3.02. The van der Waals surface area contributed by atoms with Gasteiger partial charge >= 0.3 is 0 Å². The van der Waals surface area contributed by atoms with Crippen molar-refractivity contribution in [2.75, 3.05) is 0 Å². The molecule has 0 heteroatoms. The Morgan fingerprint density at radius 2 is 0.841 bits per heavy atom. The zero-order valence-electron chi connectivity index (χ0n) is 26.7. The fourth-order valence-electron chi connectivity index (χ4n) is 6.69. The van der Waals surface area contributed by atoms with E-state index >= 15 is 0 Å². The molecule has 7 aromatic rings. The quantitative estimate of drug-likeness (QED) is 0.186. The normalized spacial score (nSPS) is 12.3. The molecule has 7 aromatic carbocycles. The van der Waals surface area contributed by atoms with Crippen LogP contribution in [-0.2, 0) is 10.8 Å². The first kappa shape index (κ1) is 28.1. The number of hydrogen-bond acceptors (Lipinski definition) is 0. The molecule has 0 aliphatic heterocycles. The van der Waals surface area contributed by atoms with Gasteiger partial charge in [-0.3, -0.25) is 0 Å². The first-order chi connectivity index (χ1) is 21.1. The lowest BCUT2D eigenvalue weighted by Gasteiger charge is -2.24. The Kier molecular flexibility index (Phi) is 6.70. The highest BCUT2D eigenvalue weighted by molar-refractivity contribution is 6.23. The molecule has 0 radical (unpaired) electrons. The third-order valence-electron chi connectivity index (χ3n) is 9.17. The lowest BCUT2D eigenvalue weighted by Crippen LogP contribution is -2.11. The van der Waals surface area contributed by atoms with Crippen molar-refractivity contribution < 1.29 is 0 Å². The zero-order valence-corrected chi connectivity index (χ0v) is 26.7. The van der Waals surface area contributed by atoms with E-state index < -0.39 is 0 Å². The van der Waals surface area contributed by atoms with Crippen LogP contribution in [0, 0.1) is 0 Å². The van der Waals surface area contributed by atoms with Crippen LogP contribution in [0.1, 0.15) is 52.7 Å². The monoisotopic (exact) mass is 568 g/mol. The predicted octanol–water partition coefficient (Wildman–Crippen LogP) is 12.7. The van der Waals surface area contributed by atoms with E-state index in [1.807, 2.05) is 0 Å². The van der Waals surface area contributed by atoms with Gasteiger partial charge < -0.3 is 0 Å². The first-order valence-corrected chi connectivity index (χ1v) is 15.8. The molecule has 0 bridgehead atoms. The van der Waals surface area contributed by atoms with Gasteiger partial charge in [-0.2, -0.15) is 0 Å². The van der Waals surface area contributed by atoms with Gasteiger partial charge in [-0.15, -0.1) is 0 Å². The van der Waals surface area contributed by atoms with Gasteiger partial charge in [0.25, 0.3) is 0 Å². The van der Waals surface area contributed by atoms with Crippen LogP contribution in [0.4, 0.5) is 0 Å². The summed E-state index contributed by atoms with van der Waals surface area (Å²) in [6, 6.07) is 49.9. The predicted molar refractivity (Wildman–Crippen MR) is 193 cm³/mol. The summed E-state index contributed by atoms with van der Waals surface area (Å²) < 4.78 is 0. The summed E-state index contributed by atoms with van der Waals surface area (Å²) >= 11 is 0. The van der Waals surface area contributed by atoms with Gasteiger partial charge in [0.2, 0.25) is 0 Å². The van der Waals surface area contributed by atoms with Crippen molar-refractivity contribution in [1.29, 1.82) is 0 Å². The summed E-state index contributed by atoms with van der Waals surface area (Å²) in [5.41, 5.74) is 10.5. The summed E-state index contributed by atoms with van der Waals surface area (Å²) in [5, 5.41) is 7.69. The van der Waals surface area contributed by atoms with Crippen molar-refractivity contribution >= 4 is 32.3 Å². The van der Waals surface area contributed by atoms with Crippen LogP contribution >= 0.6 is 0 Å². The SMILES string of the molecule is CC(C)(C)c1ccc(-c2c3ccccc3c(-c3cc4ccccc4cc3-c3ccccc3)c3cc(C(C)(C)C)ccc23)cc1. The minimum atomic E-state index is 0.0251. The van der Waals surface area contributed by atoms with Gasteiger partial charge in [0.05, 0.1) is 0 Å². The Labute approximate surface area is 262 Å². The second-order valence-corrected chi connectivity index (χ2v) is 14.2. The highest BCUT2D eigenvalue weighted by Crippen LogP contribution is 2.48. The minimum absolute atomic E-state index is 0.0251. The lowest BCUT2D eigenvalue weighted by atomic mass is 9.79. The maximum Gasteiger partial charge on any atom is -0.00198 e. The number of benzene rings is 7. The Morgan fingerprint density at radius 1 is 0.341 bits per heavy atom. The van der Waals surface area contributed by atoms with Crippen LogP contribution in [0.15, 0.2) is 133 Å². The van der Waals surface area contributed by atoms with Crippen molar-refractivity contribution in [3.63, 3.8) is 0 Å². The van der Waals surface area contributed by atoms with E-state index in [2.05, 4.69) is 175 Å². The van der Waals surface area contributed by atoms with Crippen molar-refractivity contribution in [3.05, 3.63) is 145 Å². The number of hydrogen-bond donors (Lipinski definition) is 0. The highest BCUT2D eigenvalue weighted by Gasteiger charge is 2.23. The van der Waals surface area contributed by atoms with Crippen molar-refractivity contribution in [2.45, 2.75) is 52.4 Å². The molecule has 0 nitrogen and oxygen atoms in total. The number of fused-ring (bicyclic) bond motifs is 3. The van der Waals surface area contributed by atoms with Crippen LogP contribution < -0.4 is 0 Å². The van der Waals surface area contributed by atoms with Crippen LogP contribution in [0.25, 0.3) is 65.7 Å². The Bertz CT molecular complexity index is 2150. The maximum absolute atomic E-state index is 2.47. The summed E-state index contributed by atoms with van der Waals surface area (Å²) in [7, 11) is 0. The van der Waals surface area contributed by atoms with Crippen molar-refractivity contribution in [3.8, 4) is 33.4 Å². The van der Waals surface area contributed by atoms with E-state index in [-0.39, 0.29) is 10.8 Å². The minimum Gasteiger partial charge on any atom is -0.0622 e. The first-order valence-electron chi connectivity index (χ1n) is 15.8. The summed E-state index contributed by atoms with van der Waals surface area (Å²) in [4.78, 5) is 0. The van der Waals surface area contributed by atoms with Crippen LogP contribution in [0.5, 0.6) is 0 Å². The van der Waals surface area contributed by atoms with Gasteiger partial charge in [-0.1, -0.05) is 157 Å². The molecular weight excluding hydrogens is 528 g/mol. The van der Waals surface area contributed by atoms with Crippen LogP contribution in [0.3, 0.4) is 0 Å². The van der Waals surface area contributed by atoms with E-state index in [9.17, 15) is 0 Å². The fraction of sp³-hybridized carbons (Fsp3) is 0.182.